The van der Waals surface area contributed by atoms with Crippen molar-refractivity contribution in [1.29, 1.82) is 0 Å². The van der Waals surface area contributed by atoms with Crippen LogP contribution in [0.5, 0.6) is 0 Å². The van der Waals surface area contributed by atoms with E-state index in [0.29, 0.717) is 5.69 Å². The molecule has 0 atom stereocenters. The summed E-state index contributed by atoms with van der Waals surface area (Å²) < 4.78 is 64.7. The van der Waals surface area contributed by atoms with E-state index in [9.17, 15) is 25.9 Å². The molecule has 25 heavy (non-hydrogen) atoms. The summed E-state index contributed by atoms with van der Waals surface area (Å²) in [4.78, 5) is 1.07. The number of hydrogen-bond acceptors (Lipinski definition) is 5. The fourth-order valence-electron chi connectivity index (χ4n) is 2.20. The van der Waals surface area contributed by atoms with E-state index in [-0.39, 0.29) is 20.9 Å². The Balaban J connectivity index is 2.57. The van der Waals surface area contributed by atoms with Crippen LogP contribution in [0.4, 0.5) is 5.69 Å². The topological polar surface area (TPSA) is 112 Å². The predicted octanol–water partition coefficient (Wildman–Crippen LogP) is 2.42. The van der Waals surface area contributed by atoms with Gasteiger partial charge in [0.05, 0.1) is 0 Å². The Morgan fingerprint density at radius 1 is 0.800 bits per heavy atom. The molecule has 2 aromatic rings. The molecule has 0 bridgehead atoms. The third-order valence-electron chi connectivity index (χ3n) is 3.43. The van der Waals surface area contributed by atoms with Crippen LogP contribution in [-0.2, 0) is 20.2 Å². The molecule has 0 radical (unpaired) electrons. The summed E-state index contributed by atoms with van der Waals surface area (Å²) >= 11 is 0. The molecular formula is C16H17NO6S2. The van der Waals surface area contributed by atoms with Gasteiger partial charge in [0.25, 0.3) is 20.2 Å². The van der Waals surface area contributed by atoms with Crippen LogP contribution >= 0.6 is 0 Å². The summed E-state index contributed by atoms with van der Waals surface area (Å²) in [7, 11) is -5.45. The predicted molar refractivity (Wildman–Crippen MR) is 95.8 cm³/mol. The fourth-order valence-corrected chi connectivity index (χ4v) is 3.58. The molecule has 0 amide bonds. The highest BCUT2D eigenvalue weighted by Gasteiger charge is 2.16. The number of hydrogen-bond donors (Lipinski definition) is 2. The van der Waals surface area contributed by atoms with E-state index < -0.39 is 20.2 Å². The van der Waals surface area contributed by atoms with E-state index in [1.165, 1.54) is 42.5 Å². The molecule has 2 rings (SSSR count). The van der Waals surface area contributed by atoms with Gasteiger partial charge in [0.1, 0.15) is 9.79 Å². The monoisotopic (exact) mass is 383 g/mol. The number of rotatable bonds is 5. The first-order chi connectivity index (χ1) is 11.5. The maximum absolute atomic E-state index is 11.6. The Hall–Kier alpha value is -2.20. The lowest BCUT2D eigenvalue weighted by atomic mass is 10.1. The lowest BCUT2D eigenvalue weighted by Crippen LogP contribution is -2.10. The standard InChI is InChI=1S/C16H17NO6S2/c1-17(2)14-10-9-13(16(11-14)25(21,22)23)8-7-12-5-3-4-6-15(12)24(18,19)20/h3-11H,1-2H3,(H,18,19,20)(H,21,22,23). The van der Waals surface area contributed by atoms with Gasteiger partial charge in [-0.05, 0) is 29.3 Å². The van der Waals surface area contributed by atoms with E-state index in [2.05, 4.69) is 0 Å². The van der Waals surface area contributed by atoms with Crippen molar-refractivity contribution in [2.45, 2.75) is 9.79 Å². The number of benzene rings is 2. The first-order valence-electron chi connectivity index (χ1n) is 7.03. The average molecular weight is 383 g/mol. The van der Waals surface area contributed by atoms with Crippen LogP contribution in [0, 0.1) is 0 Å². The van der Waals surface area contributed by atoms with Crippen molar-refractivity contribution in [3.05, 3.63) is 53.6 Å². The summed E-state index contributed by atoms with van der Waals surface area (Å²) in [6.45, 7) is 0. The zero-order chi connectivity index (χ0) is 18.8. The highest BCUT2D eigenvalue weighted by atomic mass is 32.2. The molecule has 0 saturated carbocycles. The van der Waals surface area contributed by atoms with Crippen molar-refractivity contribution in [3.63, 3.8) is 0 Å². The Morgan fingerprint density at radius 3 is 1.84 bits per heavy atom. The van der Waals surface area contributed by atoms with Gasteiger partial charge in [-0.25, -0.2) is 0 Å². The Kier molecular flexibility index (Phi) is 5.33. The van der Waals surface area contributed by atoms with Gasteiger partial charge >= 0.3 is 0 Å². The summed E-state index contributed by atoms with van der Waals surface area (Å²) in [6, 6.07) is 10.2. The van der Waals surface area contributed by atoms with Gasteiger partial charge < -0.3 is 4.90 Å². The van der Waals surface area contributed by atoms with E-state index in [1.807, 2.05) is 0 Å². The second-order valence-electron chi connectivity index (χ2n) is 5.44. The molecule has 134 valence electrons. The molecule has 0 saturated heterocycles. The maximum Gasteiger partial charge on any atom is 0.295 e. The lowest BCUT2D eigenvalue weighted by molar-refractivity contribution is 0.480. The molecule has 9 heteroatoms. The molecule has 2 N–H and O–H groups in total. The summed E-state index contributed by atoms with van der Waals surface area (Å²) in [5.41, 5.74) is 0.935. The molecule has 0 aliphatic rings. The molecule has 2 aromatic carbocycles. The third-order valence-corrected chi connectivity index (χ3v) is 5.27. The molecule has 0 aromatic heterocycles. The summed E-state index contributed by atoms with van der Waals surface area (Å²) in [5, 5.41) is 0. The van der Waals surface area contributed by atoms with Gasteiger partial charge in [0, 0.05) is 19.8 Å². The molecule has 7 nitrogen and oxygen atoms in total. The van der Waals surface area contributed by atoms with E-state index in [1.54, 1.807) is 31.1 Å². The Labute approximate surface area is 146 Å². The number of nitrogens with zero attached hydrogens (tertiary/aromatic N) is 1. The van der Waals surface area contributed by atoms with E-state index in [0.717, 1.165) is 0 Å². The average Bonchev–Trinajstić information content (AvgIpc) is 2.51. The maximum atomic E-state index is 11.6. The summed E-state index contributed by atoms with van der Waals surface area (Å²) in [5.74, 6) is 0. The highest BCUT2D eigenvalue weighted by molar-refractivity contribution is 7.86. The van der Waals surface area contributed by atoms with Gasteiger partial charge in [-0.3, -0.25) is 9.11 Å². The van der Waals surface area contributed by atoms with E-state index >= 15 is 0 Å². The fraction of sp³-hybridized carbons (Fsp3) is 0.125. The molecule has 0 fully saturated rings. The van der Waals surface area contributed by atoms with Crippen LogP contribution in [0.15, 0.2) is 52.3 Å². The Bertz CT molecular complexity index is 1020. The van der Waals surface area contributed by atoms with Crippen LogP contribution < -0.4 is 4.90 Å². The minimum Gasteiger partial charge on any atom is -0.378 e. The zero-order valence-electron chi connectivity index (χ0n) is 13.5. The lowest BCUT2D eigenvalue weighted by Gasteiger charge is -2.14. The molecule has 0 aliphatic heterocycles. The van der Waals surface area contributed by atoms with Crippen molar-refractivity contribution < 1.29 is 25.9 Å². The van der Waals surface area contributed by atoms with Crippen molar-refractivity contribution in [2.75, 3.05) is 19.0 Å². The first-order valence-corrected chi connectivity index (χ1v) is 9.91. The van der Waals surface area contributed by atoms with Crippen molar-refractivity contribution in [3.8, 4) is 0 Å². The molecule has 0 heterocycles. The van der Waals surface area contributed by atoms with Crippen LogP contribution in [0.3, 0.4) is 0 Å². The van der Waals surface area contributed by atoms with Crippen LogP contribution in [0.2, 0.25) is 0 Å². The van der Waals surface area contributed by atoms with Gasteiger partial charge in [0.2, 0.25) is 0 Å². The quantitative estimate of drug-likeness (QED) is 0.602. The third kappa shape index (κ3) is 4.67. The van der Waals surface area contributed by atoms with Gasteiger partial charge in [-0.1, -0.05) is 36.4 Å². The van der Waals surface area contributed by atoms with Crippen molar-refractivity contribution >= 4 is 38.1 Å². The first kappa shape index (κ1) is 19.1. The molecule has 0 spiro atoms. The molecule has 0 aliphatic carbocycles. The van der Waals surface area contributed by atoms with E-state index in [4.69, 9.17) is 0 Å². The van der Waals surface area contributed by atoms with Gasteiger partial charge in [0.15, 0.2) is 0 Å². The smallest absolute Gasteiger partial charge is 0.295 e. The second kappa shape index (κ2) is 6.96. The van der Waals surface area contributed by atoms with Gasteiger partial charge in [-0.15, -0.1) is 0 Å². The largest absolute Gasteiger partial charge is 0.378 e. The summed E-state index contributed by atoms with van der Waals surface area (Å²) in [6.07, 6.45) is 2.70. The van der Waals surface area contributed by atoms with Gasteiger partial charge in [-0.2, -0.15) is 16.8 Å². The van der Waals surface area contributed by atoms with Crippen LogP contribution in [0.25, 0.3) is 12.2 Å². The normalized spacial score (nSPS) is 12.5. The number of anilines is 1. The second-order valence-corrected chi connectivity index (χ2v) is 8.22. The highest BCUT2D eigenvalue weighted by Crippen LogP contribution is 2.25. The molecule has 0 unspecified atom stereocenters. The van der Waals surface area contributed by atoms with Crippen LogP contribution in [-0.4, -0.2) is 40.0 Å². The zero-order valence-corrected chi connectivity index (χ0v) is 15.1. The van der Waals surface area contributed by atoms with Crippen molar-refractivity contribution in [2.24, 2.45) is 0 Å². The minimum absolute atomic E-state index is 0.179. The van der Waals surface area contributed by atoms with Crippen molar-refractivity contribution in [1.82, 2.24) is 0 Å². The van der Waals surface area contributed by atoms with Crippen LogP contribution in [0.1, 0.15) is 11.1 Å². The minimum atomic E-state index is -4.48. The molecular weight excluding hydrogens is 366 g/mol. The Morgan fingerprint density at radius 2 is 1.32 bits per heavy atom. The SMILES string of the molecule is CN(C)c1ccc(C=Cc2ccccc2S(=O)(=O)O)c(S(=O)(=O)O)c1.